The van der Waals surface area contributed by atoms with Gasteiger partial charge in [-0.15, -0.1) is 0 Å². The molecule has 2 aliphatic rings. The maximum absolute atomic E-state index is 12.5. The van der Waals surface area contributed by atoms with Crippen LogP contribution >= 0.6 is 0 Å². The molecule has 18 heavy (non-hydrogen) atoms. The molecule has 0 aliphatic heterocycles. The summed E-state index contributed by atoms with van der Waals surface area (Å²) in [5.41, 5.74) is 0. The molecule has 0 N–H and O–H groups in total. The monoisotopic (exact) mass is 263 g/mol. The largest absolute Gasteiger partial charge is 0.406 e. The van der Waals surface area contributed by atoms with Crippen molar-refractivity contribution in [3.8, 4) is 0 Å². The van der Waals surface area contributed by atoms with E-state index in [0.29, 0.717) is 11.8 Å². The van der Waals surface area contributed by atoms with Crippen LogP contribution in [0.15, 0.2) is 0 Å². The number of rotatable bonds is 4. The van der Waals surface area contributed by atoms with E-state index in [2.05, 4.69) is 0 Å². The molecule has 0 radical (unpaired) electrons. The van der Waals surface area contributed by atoms with E-state index in [1.54, 1.807) is 0 Å². The third-order valence-electron chi connectivity index (χ3n) is 3.86. The maximum Gasteiger partial charge on any atom is 0.406 e. The first-order valence-corrected chi connectivity index (χ1v) is 6.62. The molecule has 0 bridgehead atoms. The quantitative estimate of drug-likeness (QED) is 0.763. The van der Waals surface area contributed by atoms with E-state index in [9.17, 15) is 18.0 Å². The van der Waals surface area contributed by atoms with E-state index in [1.807, 2.05) is 13.8 Å². The number of carbonyl (C=O) groups is 1. The minimum absolute atomic E-state index is 0.0623. The summed E-state index contributed by atoms with van der Waals surface area (Å²) in [5, 5.41) is 0. The average molecular weight is 263 g/mol. The first kappa shape index (κ1) is 13.7. The smallest absolute Gasteiger partial charge is 0.333 e. The summed E-state index contributed by atoms with van der Waals surface area (Å²) in [6, 6.07) is 0. The van der Waals surface area contributed by atoms with Crippen LogP contribution in [0.2, 0.25) is 0 Å². The molecule has 0 aromatic rings. The van der Waals surface area contributed by atoms with Gasteiger partial charge < -0.3 is 4.90 Å². The Hall–Kier alpha value is -0.740. The molecule has 2 unspecified atom stereocenters. The van der Waals surface area contributed by atoms with Crippen molar-refractivity contribution in [3.63, 3.8) is 0 Å². The molecule has 1 amide bonds. The molecular formula is C13H20F3NO. The molecule has 2 saturated carbocycles. The molecule has 0 saturated heterocycles. The minimum Gasteiger partial charge on any atom is -0.333 e. The van der Waals surface area contributed by atoms with Crippen molar-refractivity contribution in [2.75, 3.05) is 13.1 Å². The lowest BCUT2D eigenvalue weighted by Crippen LogP contribution is -2.43. The zero-order valence-corrected chi connectivity index (χ0v) is 10.8. The fourth-order valence-corrected chi connectivity index (χ4v) is 3.06. The van der Waals surface area contributed by atoms with Gasteiger partial charge in [0.1, 0.15) is 6.54 Å². The van der Waals surface area contributed by atoms with Gasteiger partial charge in [0.25, 0.3) is 0 Å². The van der Waals surface area contributed by atoms with Crippen LogP contribution in [0.5, 0.6) is 0 Å². The predicted molar refractivity (Wildman–Crippen MR) is 61.8 cm³/mol. The maximum atomic E-state index is 12.5. The van der Waals surface area contributed by atoms with Gasteiger partial charge in [0.2, 0.25) is 5.91 Å². The van der Waals surface area contributed by atoms with Gasteiger partial charge in [-0.1, -0.05) is 13.8 Å². The molecule has 0 heterocycles. The second-order valence-electron chi connectivity index (χ2n) is 6.15. The van der Waals surface area contributed by atoms with Gasteiger partial charge in [0.15, 0.2) is 0 Å². The number of hydrogen-bond acceptors (Lipinski definition) is 1. The lowest BCUT2D eigenvalue weighted by Gasteiger charge is -2.28. The van der Waals surface area contributed by atoms with Gasteiger partial charge in [0, 0.05) is 12.5 Å². The molecule has 2 fully saturated rings. The van der Waals surface area contributed by atoms with Crippen molar-refractivity contribution in [3.05, 3.63) is 0 Å². The third kappa shape index (κ3) is 3.39. The number of halogens is 3. The van der Waals surface area contributed by atoms with Crippen molar-refractivity contribution >= 4 is 5.91 Å². The van der Waals surface area contributed by atoms with E-state index >= 15 is 0 Å². The van der Waals surface area contributed by atoms with Crippen LogP contribution in [0.3, 0.4) is 0 Å². The summed E-state index contributed by atoms with van der Waals surface area (Å²) >= 11 is 0. The zero-order valence-electron chi connectivity index (χ0n) is 10.8. The SMILES string of the molecule is CC(C)CN(CC(F)(F)F)C(=O)C1CC2CC2C1. The van der Waals surface area contributed by atoms with Gasteiger partial charge in [-0.3, -0.25) is 4.79 Å². The van der Waals surface area contributed by atoms with Crippen LogP contribution in [0, 0.1) is 23.7 Å². The first-order valence-electron chi connectivity index (χ1n) is 6.62. The molecule has 0 aromatic carbocycles. The number of fused-ring (bicyclic) bond motifs is 1. The molecular weight excluding hydrogens is 243 g/mol. The standard InChI is InChI=1S/C13H20F3NO/c1-8(2)6-17(7-13(14,15)16)12(18)11-4-9-3-10(9)5-11/h8-11H,3-7H2,1-2H3. The molecule has 0 spiro atoms. The van der Waals surface area contributed by atoms with E-state index in [-0.39, 0.29) is 24.3 Å². The second kappa shape index (κ2) is 4.74. The van der Waals surface area contributed by atoms with Crippen molar-refractivity contribution in [1.29, 1.82) is 0 Å². The van der Waals surface area contributed by atoms with E-state index < -0.39 is 12.7 Å². The molecule has 0 aromatic heterocycles. The van der Waals surface area contributed by atoms with Crippen LogP contribution in [-0.2, 0) is 4.79 Å². The van der Waals surface area contributed by atoms with E-state index in [4.69, 9.17) is 0 Å². The lowest BCUT2D eigenvalue weighted by atomic mass is 10.0. The van der Waals surface area contributed by atoms with Crippen LogP contribution in [0.25, 0.3) is 0 Å². The number of alkyl halides is 3. The third-order valence-corrected chi connectivity index (χ3v) is 3.86. The summed E-state index contributed by atoms with van der Waals surface area (Å²) in [7, 11) is 0. The van der Waals surface area contributed by atoms with E-state index in [1.165, 1.54) is 6.42 Å². The molecule has 2 rings (SSSR count). The number of amides is 1. The number of nitrogens with zero attached hydrogens (tertiary/aromatic N) is 1. The second-order valence-corrected chi connectivity index (χ2v) is 6.15. The Kier molecular flexibility index (Phi) is 3.60. The van der Waals surface area contributed by atoms with Crippen molar-refractivity contribution in [2.45, 2.75) is 39.3 Å². The summed E-state index contributed by atoms with van der Waals surface area (Å²) in [6.45, 7) is 2.77. The molecule has 104 valence electrons. The van der Waals surface area contributed by atoms with Crippen LogP contribution in [-0.4, -0.2) is 30.1 Å². The highest BCUT2D eigenvalue weighted by atomic mass is 19.4. The van der Waals surface area contributed by atoms with Crippen molar-refractivity contribution in [2.24, 2.45) is 23.7 Å². The molecule has 5 heteroatoms. The van der Waals surface area contributed by atoms with Crippen LogP contribution < -0.4 is 0 Å². The Morgan fingerprint density at radius 3 is 2.22 bits per heavy atom. The fraction of sp³-hybridized carbons (Fsp3) is 0.923. The first-order chi connectivity index (χ1) is 8.26. The summed E-state index contributed by atoms with van der Waals surface area (Å²) in [6.07, 6.45) is -1.52. The van der Waals surface area contributed by atoms with Gasteiger partial charge in [-0.05, 0) is 37.0 Å². The summed E-state index contributed by atoms with van der Waals surface area (Å²) < 4.78 is 37.5. The Morgan fingerprint density at radius 2 is 1.78 bits per heavy atom. The van der Waals surface area contributed by atoms with E-state index in [0.717, 1.165) is 17.7 Å². The van der Waals surface area contributed by atoms with Gasteiger partial charge in [-0.2, -0.15) is 13.2 Å². The highest BCUT2D eigenvalue weighted by Gasteiger charge is 2.49. The Morgan fingerprint density at radius 1 is 1.22 bits per heavy atom. The number of hydrogen-bond donors (Lipinski definition) is 0. The fourth-order valence-electron chi connectivity index (χ4n) is 3.06. The number of carbonyl (C=O) groups excluding carboxylic acids is 1. The zero-order chi connectivity index (χ0) is 13.5. The normalized spacial score (nSPS) is 30.4. The Labute approximate surface area is 106 Å². The molecule has 2 atom stereocenters. The summed E-state index contributed by atoms with van der Waals surface area (Å²) in [4.78, 5) is 13.2. The molecule has 2 aliphatic carbocycles. The summed E-state index contributed by atoms with van der Waals surface area (Å²) in [5.74, 6) is 0.854. The highest BCUT2D eigenvalue weighted by molar-refractivity contribution is 5.79. The lowest BCUT2D eigenvalue weighted by molar-refractivity contribution is -0.164. The highest BCUT2D eigenvalue weighted by Crippen LogP contribution is 2.54. The predicted octanol–water partition coefficient (Wildman–Crippen LogP) is 3.08. The average Bonchev–Trinajstić information content (AvgIpc) is 2.81. The van der Waals surface area contributed by atoms with Gasteiger partial charge in [-0.25, -0.2) is 0 Å². The van der Waals surface area contributed by atoms with Gasteiger partial charge in [0.05, 0.1) is 0 Å². The van der Waals surface area contributed by atoms with Crippen LogP contribution in [0.1, 0.15) is 33.1 Å². The van der Waals surface area contributed by atoms with Crippen LogP contribution in [0.4, 0.5) is 13.2 Å². The minimum atomic E-state index is -4.30. The van der Waals surface area contributed by atoms with Crippen molar-refractivity contribution in [1.82, 2.24) is 4.90 Å². The van der Waals surface area contributed by atoms with Crippen molar-refractivity contribution < 1.29 is 18.0 Å². The van der Waals surface area contributed by atoms with Gasteiger partial charge >= 0.3 is 6.18 Å². The topological polar surface area (TPSA) is 20.3 Å². The Balaban J connectivity index is 1.96. The Bertz CT molecular complexity index is 317. The molecule has 2 nitrogen and oxygen atoms in total.